The number of aromatic nitrogens is 1. The molecule has 0 saturated carbocycles. The van der Waals surface area contributed by atoms with Crippen molar-refractivity contribution in [2.75, 3.05) is 0 Å². The molecule has 0 aliphatic heterocycles. The van der Waals surface area contributed by atoms with E-state index in [1.807, 2.05) is 0 Å². The predicted molar refractivity (Wildman–Crippen MR) is 50.6 cm³/mol. The van der Waals surface area contributed by atoms with E-state index in [1.165, 1.54) is 18.3 Å². The lowest BCUT2D eigenvalue weighted by atomic mass is 10.2. The highest BCUT2D eigenvalue weighted by Crippen LogP contribution is 2.22. The minimum Gasteiger partial charge on any atom is -0.618 e. The molecule has 0 fully saturated rings. The second-order valence-corrected chi connectivity index (χ2v) is 3.48. The van der Waals surface area contributed by atoms with Crippen LogP contribution >= 0.6 is 15.9 Å². The van der Waals surface area contributed by atoms with Gasteiger partial charge in [0.25, 0.3) is 0 Å². The molecule has 0 aliphatic rings. The van der Waals surface area contributed by atoms with Gasteiger partial charge in [-0.3, -0.25) is 0 Å². The summed E-state index contributed by atoms with van der Waals surface area (Å²) in [6, 6.07) is 6.19. The fourth-order valence-corrected chi connectivity index (χ4v) is 1.55. The van der Waals surface area contributed by atoms with Crippen molar-refractivity contribution in [3.8, 4) is 0 Å². The zero-order valence-electron chi connectivity index (χ0n) is 6.50. The van der Waals surface area contributed by atoms with Gasteiger partial charge in [0.15, 0.2) is 12.0 Å². The van der Waals surface area contributed by atoms with Crippen molar-refractivity contribution in [1.82, 2.24) is 0 Å². The van der Waals surface area contributed by atoms with E-state index in [-0.39, 0.29) is 0 Å². The van der Waals surface area contributed by atoms with Gasteiger partial charge in [-0.05, 0) is 28.1 Å². The van der Waals surface area contributed by atoms with E-state index < -0.39 is 5.82 Å². The number of halogens is 2. The summed E-state index contributed by atoms with van der Waals surface area (Å²) in [7, 11) is 0. The molecule has 0 aliphatic carbocycles. The molecule has 0 bridgehead atoms. The maximum atomic E-state index is 13.4. The topological polar surface area (TPSA) is 26.9 Å². The molecule has 0 saturated heterocycles. The Hall–Kier alpha value is -1.16. The Morgan fingerprint density at radius 2 is 2.08 bits per heavy atom. The van der Waals surface area contributed by atoms with Crippen molar-refractivity contribution in [2.45, 2.75) is 0 Å². The lowest BCUT2D eigenvalue weighted by Gasteiger charge is -2.02. The Labute approximate surface area is 82.3 Å². The summed E-state index contributed by atoms with van der Waals surface area (Å²) >= 11 is 3.05. The van der Waals surface area contributed by atoms with E-state index in [0.29, 0.717) is 20.1 Å². The van der Waals surface area contributed by atoms with Gasteiger partial charge in [-0.1, -0.05) is 0 Å². The zero-order valence-corrected chi connectivity index (χ0v) is 8.08. The smallest absolute Gasteiger partial charge is 0.226 e. The van der Waals surface area contributed by atoms with E-state index in [9.17, 15) is 9.60 Å². The van der Waals surface area contributed by atoms with E-state index in [1.54, 1.807) is 12.1 Å². The highest BCUT2D eigenvalue weighted by molar-refractivity contribution is 9.10. The molecule has 1 aromatic heterocycles. The van der Waals surface area contributed by atoms with Gasteiger partial charge in [0.2, 0.25) is 5.52 Å². The first kappa shape index (κ1) is 8.44. The first-order valence-corrected chi connectivity index (χ1v) is 4.45. The summed E-state index contributed by atoms with van der Waals surface area (Å²) in [6.45, 7) is 0. The molecule has 1 aromatic carbocycles. The molecule has 0 radical (unpaired) electrons. The van der Waals surface area contributed by atoms with Crippen LogP contribution in [0.15, 0.2) is 34.9 Å². The van der Waals surface area contributed by atoms with E-state index in [4.69, 9.17) is 0 Å². The van der Waals surface area contributed by atoms with Gasteiger partial charge in [-0.15, -0.1) is 0 Å². The van der Waals surface area contributed by atoms with Crippen LogP contribution in [0.3, 0.4) is 0 Å². The monoisotopic (exact) mass is 241 g/mol. The van der Waals surface area contributed by atoms with Crippen molar-refractivity contribution in [2.24, 2.45) is 0 Å². The van der Waals surface area contributed by atoms with Crippen molar-refractivity contribution in [3.05, 3.63) is 46.0 Å². The molecule has 0 N–H and O–H groups in total. The molecule has 2 rings (SSSR count). The normalized spacial score (nSPS) is 10.6. The van der Waals surface area contributed by atoms with Crippen molar-refractivity contribution in [3.63, 3.8) is 0 Å². The molecular weight excluding hydrogens is 237 g/mol. The Morgan fingerprint density at radius 3 is 2.85 bits per heavy atom. The molecule has 2 nitrogen and oxygen atoms in total. The summed E-state index contributed by atoms with van der Waals surface area (Å²) in [5.41, 5.74) is 0.336. The summed E-state index contributed by atoms with van der Waals surface area (Å²) in [6.07, 6.45) is 1.34. The third kappa shape index (κ3) is 1.27. The molecule has 0 amide bonds. The maximum Gasteiger partial charge on any atom is 0.226 e. The maximum absolute atomic E-state index is 13.4. The van der Waals surface area contributed by atoms with Crippen LogP contribution in [0.1, 0.15) is 0 Å². The van der Waals surface area contributed by atoms with Gasteiger partial charge in [0.05, 0.1) is 9.86 Å². The van der Waals surface area contributed by atoms with E-state index >= 15 is 0 Å². The third-order valence-electron chi connectivity index (χ3n) is 1.83. The SMILES string of the molecule is [O-][n+]1cccc2c(F)c(Br)ccc21. The lowest BCUT2D eigenvalue weighted by molar-refractivity contribution is -0.577. The molecule has 0 atom stereocenters. The second kappa shape index (κ2) is 2.96. The molecular formula is C9H5BrFNO. The average Bonchev–Trinajstić information content (AvgIpc) is 2.12. The number of nitrogens with zero attached hydrogens (tertiary/aromatic N) is 1. The molecule has 2 aromatic rings. The highest BCUT2D eigenvalue weighted by Gasteiger charge is 2.09. The molecule has 0 spiro atoms. The Balaban J connectivity index is 2.94. The van der Waals surface area contributed by atoms with Crippen LogP contribution in [0.4, 0.5) is 4.39 Å². The van der Waals surface area contributed by atoms with Gasteiger partial charge >= 0.3 is 0 Å². The van der Waals surface area contributed by atoms with Crippen molar-refractivity contribution in [1.29, 1.82) is 0 Å². The molecule has 0 unspecified atom stereocenters. The minimum atomic E-state index is -0.400. The number of pyridine rings is 1. The van der Waals surface area contributed by atoms with Crippen LogP contribution in [0.25, 0.3) is 10.9 Å². The molecule has 4 heteroatoms. The van der Waals surface area contributed by atoms with E-state index in [2.05, 4.69) is 15.9 Å². The minimum absolute atomic E-state index is 0.326. The standard InChI is InChI=1S/C9H5BrFNO/c10-7-3-4-8-6(9(7)11)2-1-5-12(8)13/h1-5H. The van der Waals surface area contributed by atoms with Crippen LogP contribution in [0, 0.1) is 11.0 Å². The van der Waals surface area contributed by atoms with Gasteiger partial charge < -0.3 is 5.21 Å². The largest absolute Gasteiger partial charge is 0.618 e. The number of fused-ring (bicyclic) bond motifs is 1. The Bertz CT molecular complexity index is 472. The fraction of sp³-hybridized carbons (Fsp3) is 0. The number of rotatable bonds is 0. The number of hydrogen-bond acceptors (Lipinski definition) is 1. The summed E-state index contributed by atoms with van der Waals surface area (Å²) in [5.74, 6) is -0.400. The zero-order chi connectivity index (χ0) is 9.42. The van der Waals surface area contributed by atoms with Gasteiger partial charge in [0.1, 0.15) is 0 Å². The second-order valence-electron chi connectivity index (χ2n) is 2.63. The highest BCUT2D eigenvalue weighted by atomic mass is 79.9. The lowest BCUT2D eigenvalue weighted by Crippen LogP contribution is -2.25. The predicted octanol–water partition coefficient (Wildman–Crippen LogP) is 2.37. The number of hydrogen-bond donors (Lipinski definition) is 0. The van der Waals surface area contributed by atoms with Gasteiger partial charge in [-0.2, -0.15) is 4.73 Å². The van der Waals surface area contributed by atoms with Crippen LogP contribution in [-0.2, 0) is 0 Å². The van der Waals surface area contributed by atoms with Gasteiger partial charge in [0, 0.05) is 12.1 Å². The summed E-state index contributed by atoms with van der Waals surface area (Å²) in [4.78, 5) is 0. The van der Waals surface area contributed by atoms with Crippen LogP contribution in [-0.4, -0.2) is 0 Å². The first-order chi connectivity index (χ1) is 6.20. The van der Waals surface area contributed by atoms with Crippen molar-refractivity contribution < 1.29 is 9.12 Å². The first-order valence-electron chi connectivity index (χ1n) is 3.66. The summed E-state index contributed by atoms with van der Waals surface area (Å²) < 4.78 is 14.4. The third-order valence-corrected chi connectivity index (χ3v) is 2.44. The molecule has 1 heterocycles. The molecule has 66 valence electrons. The summed E-state index contributed by atoms with van der Waals surface area (Å²) in [5, 5.41) is 11.5. The number of benzene rings is 1. The Morgan fingerprint density at radius 1 is 1.31 bits per heavy atom. The van der Waals surface area contributed by atoms with Crippen molar-refractivity contribution >= 4 is 26.8 Å². The Kier molecular flexibility index (Phi) is 1.92. The molecule has 13 heavy (non-hydrogen) atoms. The van der Waals surface area contributed by atoms with Crippen LogP contribution < -0.4 is 4.73 Å². The fourth-order valence-electron chi connectivity index (χ4n) is 1.20. The van der Waals surface area contributed by atoms with Crippen LogP contribution in [0.5, 0.6) is 0 Å². The van der Waals surface area contributed by atoms with Crippen LogP contribution in [0.2, 0.25) is 0 Å². The average molecular weight is 242 g/mol. The van der Waals surface area contributed by atoms with Gasteiger partial charge in [-0.25, -0.2) is 4.39 Å². The van der Waals surface area contributed by atoms with E-state index in [0.717, 1.165) is 0 Å². The quantitative estimate of drug-likeness (QED) is 0.514.